The highest BCUT2D eigenvalue weighted by Gasteiger charge is 2.35. The largest absolute Gasteiger partial charge is 0.497 e. The lowest BCUT2D eigenvalue weighted by Gasteiger charge is -2.39. The molecule has 1 atom stereocenters. The van der Waals surface area contributed by atoms with E-state index in [1.165, 1.54) is 24.8 Å². The number of carbonyl (C=O) groups is 3. The third-order valence-electron chi connectivity index (χ3n) is 6.56. The van der Waals surface area contributed by atoms with Crippen LogP contribution in [0.15, 0.2) is 48.5 Å². The van der Waals surface area contributed by atoms with Gasteiger partial charge in [-0.2, -0.15) is 0 Å². The molecule has 36 heavy (non-hydrogen) atoms. The summed E-state index contributed by atoms with van der Waals surface area (Å²) in [5, 5.41) is 5.56. The SMILES string of the molecule is COc1ccc(OC)c(NC(=O)C[C@H]2C(=O)NCCN2C(=O)CN2CCN(c3ccccc3)CC2)c1. The first-order chi connectivity index (χ1) is 17.5. The molecular weight excluding hydrogens is 462 g/mol. The van der Waals surface area contributed by atoms with Gasteiger partial charge in [0.1, 0.15) is 17.5 Å². The Balaban J connectivity index is 1.35. The second-order valence-electron chi connectivity index (χ2n) is 8.81. The molecule has 192 valence electrons. The molecule has 2 N–H and O–H groups in total. The smallest absolute Gasteiger partial charge is 0.243 e. The fourth-order valence-corrected chi connectivity index (χ4v) is 4.59. The van der Waals surface area contributed by atoms with Gasteiger partial charge in [0.25, 0.3) is 0 Å². The molecule has 0 saturated carbocycles. The van der Waals surface area contributed by atoms with E-state index in [0.717, 1.165) is 26.2 Å². The van der Waals surface area contributed by atoms with Crippen molar-refractivity contribution in [3.05, 3.63) is 48.5 Å². The predicted molar refractivity (Wildman–Crippen MR) is 136 cm³/mol. The zero-order valence-corrected chi connectivity index (χ0v) is 20.7. The van der Waals surface area contributed by atoms with E-state index in [0.29, 0.717) is 30.3 Å². The van der Waals surface area contributed by atoms with Gasteiger partial charge in [0.05, 0.1) is 32.9 Å². The zero-order valence-electron chi connectivity index (χ0n) is 20.7. The van der Waals surface area contributed by atoms with Crippen molar-refractivity contribution in [2.75, 3.05) is 70.2 Å². The zero-order chi connectivity index (χ0) is 25.5. The maximum absolute atomic E-state index is 13.2. The van der Waals surface area contributed by atoms with E-state index in [2.05, 4.69) is 32.6 Å². The van der Waals surface area contributed by atoms with Gasteiger partial charge in [0.2, 0.25) is 17.7 Å². The van der Waals surface area contributed by atoms with E-state index >= 15 is 0 Å². The number of methoxy groups -OCH3 is 2. The van der Waals surface area contributed by atoms with Crippen LogP contribution in [0.2, 0.25) is 0 Å². The second kappa shape index (κ2) is 11.8. The van der Waals surface area contributed by atoms with Crippen LogP contribution in [0.1, 0.15) is 6.42 Å². The average Bonchev–Trinajstić information content (AvgIpc) is 2.90. The van der Waals surface area contributed by atoms with Gasteiger partial charge in [-0.05, 0) is 24.3 Å². The fourth-order valence-electron chi connectivity index (χ4n) is 4.59. The number of amides is 3. The summed E-state index contributed by atoms with van der Waals surface area (Å²) < 4.78 is 10.5. The Morgan fingerprint density at radius 2 is 1.75 bits per heavy atom. The Bertz CT molecular complexity index is 1070. The Labute approximate surface area is 211 Å². The number of nitrogens with one attached hydrogen (secondary N) is 2. The minimum Gasteiger partial charge on any atom is -0.497 e. The molecule has 0 radical (unpaired) electrons. The van der Waals surface area contributed by atoms with Crippen molar-refractivity contribution in [2.24, 2.45) is 0 Å². The Hall–Kier alpha value is -3.79. The van der Waals surface area contributed by atoms with Gasteiger partial charge in [-0.25, -0.2) is 0 Å². The third kappa shape index (κ3) is 6.06. The Kier molecular flexibility index (Phi) is 8.27. The van der Waals surface area contributed by atoms with Crippen molar-refractivity contribution in [2.45, 2.75) is 12.5 Å². The Morgan fingerprint density at radius 1 is 1.00 bits per heavy atom. The monoisotopic (exact) mass is 495 g/mol. The van der Waals surface area contributed by atoms with Crippen LogP contribution < -0.4 is 25.0 Å². The minimum absolute atomic E-state index is 0.144. The van der Waals surface area contributed by atoms with E-state index in [-0.39, 0.29) is 24.8 Å². The van der Waals surface area contributed by atoms with Crippen LogP contribution >= 0.6 is 0 Å². The molecule has 0 unspecified atom stereocenters. The molecule has 2 aliphatic heterocycles. The highest BCUT2D eigenvalue weighted by molar-refractivity contribution is 5.98. The number of ether oxygens (including phenoxy) is 2. The molecule has 2 heterocycles. The lowest BCUT2D eigenvalue weighted by atomic mass is 10.1. The van der Waals surface area contributed by atoms with E-state index in [4.69, 9.17) is 9.47 Å². The first-order valence-electron chi connectivity index (χ1n) is 12.1. The summed E-state index contributed by atoms with van der Waals surface area (Å²) in [5.74, 6) is 0.175. The van der Waals surface area contributed by atoms with Gasteiger partial charge in [-0.15, -0.1) is 0 Å². The number of rotatable bonds is 8. The van der Waals surface area contributed by atoms with E-state index in [1.807, 2.05) is 18.2 Å². The molecule has 2 aromatic rings. The summed E-state index contributed by atoms with van der Waals surface area (Å²) in [6, 6.07) is 14.4. The highest BCUT2D eigenvalue weighted by atomic mass is 16.5. The van der Waals surface area contributed by atoms with Crippen LogP contribution in [0.25, 0.3) is 0 Å². The molecule has 2 saturated heterocycles. The average molecular weight is 496 g/mol. The maximum atomic E-state index is 13.2. The van der Waals surface area contributed by atoms with Gasteiger partial charge in [0.15, 0.2) is 0 Å². The van der Waals surface area contributed by atoms with Crippen LogP contribution in [0, 0.1) is 0 Å². The molecule has 2 aromatic carbocycles. The number of hydrogen-bond donors (Lipinski definition) is 2. The van der Waals surface area contributed by atoms with Crippen molar-refractivity contribution >= 4 is 29.1 Å². The molecule has 10 nitrogen and oxygen atoms in total. The molecule has 2 fully saturated rings. The topological polar surface area (TPSA) is 103 Å². The molecule has 2 aliphatic rings. The third-order valence-corrected chi connectivity index (χ3v) is 6.56. The van der Waals surface area contributed by atoms with Crippen LogP contribution in [0.4, 0.5) is 11.4 Å². The van der Waals surface area contributed by atoms with Crippen molar-refractivity contribution < 1.29 is 23.9 Å². The van der Waals surface area contributed by atoms with Gasteiger partial charge in [-0.3, -0.25) is 19.3 Å². The van der Waals surface area contributed by atoms with Gasteiger partial charge in [0, 0.05) is 51.0 Å². The maximum Gasteiger partial charge on any atom is 0.243 e. The van der Waals surface area contributed by atoms with Crippen molar-refractivity contribution in [1.82, 2.24) is 15.1 Å². The van der Waals surface area contributed by atoms with E-state index in [9.17, 15) is 14.4 Å². The van der Waals surface area contributed by atoms with E-state index in [1.54, 1.807) is 18.2 Å². The number of benzene rings is 2. The van der Waals surface area contributed by atoms with Crippen LogP contribution in [-0.4, -0.2) is 93.6 Å². The second-order valence-corrected chi connectivity index (χ2v) is 8.81. The predicted octanol–water partition coefficient (Wildman–Crippen LogP) is 1.18. The number of piperazine rings is 2. The number of hydrogen-bond acceptors (Lipinski definition) is 7. The molecule has 4 rings (SSSR count). The molecule has 0 aromatic heterocycles. The van der Waals surface area contributed by atoms with Crippen molar-refractivity contribution in [1.29, 1.82) is 0 Å². The number of nitrogens with zero attached hydrogens (tertiary/aromatic N) is 3. The fraction of sp³-hybridized carbons (Fsp3) is 0.423. The minimum atomic E-state index is -0.867. The highest BCUT2D eigenvalue weighted by Crippen LogP contribution is 2.29. The molecule has 0 spiro atoms. The summed E-state index contributed by atoms with van der Waals surface area (Å²) in [7, 11) is 3.04. The summed E-state index contributed by atoms with van der Waals surface area (Å²) >= 11 is 0. The standard InChI is InChI=1S/C26H33N5O5/c1-35-20-8-9-23(36-2)21(16-20)28-24(32)17-22-26(34)27-10-11-31(22)25(33)18-29-12-14-30(15-13-29)19-6-4-3-5-7-19/h3-9,16,22H,10-15,17-18H2,1-2H3,(H,27,34)(H,28,32)/t22-/m0/s1. The lowest BCUT2D eigenvalue weighted by Crippen LogP contribution is -2.60. The van der Waals surface area contributed by atoms with Gasteiger partial charge in [-0.1, -0.05) is 18.2 Å². The molecular formula is C26H33N5O5. The summed E-state index contributed by atoms with van der Waals surface area (Å²) in [5.41, 5.74) is 1.61. The number of anilines is 2. The van der Waals surface area contributed by atoms with Gasteiger partial charge >= 0.3 is 0 Å². The quantitative estimate of drug-likeness (QED) is 0.567. The Morgan fingerprint density at radius 3 is 2.44 bits per heavy atom. The van der Waals surface area contributed by atoms with Crippen LogP contribution in [0.5, 0.6) is 11.5 Å². The lowest BCUT2D eigenvalue weighted by molar-refractivity contribution is -0.145. The normalized spacial score (nSPS) is 18.4. The first kappa shape index (κ1) is 25.3. The van der Waals surface area contributed by atoms with Crippen molar-refractivity contribution in [3.8, 4) is 11.5 Å². The summed E-state index contributed by atoms with van der Waals surface area (Å²) in [6.45, 7) is 4.11. The number of para-hydroxylation sites is 1. The summed E-state index contributed by atoms with van der Waals surface area (Å²) in [6.07, 6.45) is -0.153. The summed E-state index contributed by atoms with van der Waals surface area (Å²) in [4.78, 5) is 44.7. The molecule has 0 bridgehead atoms. The van der Waals surface area contributed by atoms with Crippen molar-refractivity contribution in [3.63, 3.8) is 0 Å². The van der Waals surface area contributed by atoms with Gasteiger partial charge < -0.3 is 29.9 Å². The van der Waals surface area contributed by atoms with Crippen LogP contribution in [0.3, 0.4) is 0 Å². The molecule has 3 amide bonds. The molecule has 0 aliphatic carbocycles. The molecule has 10 heteroatoms. The van der Waals surface area contributed by atoms with Crippen LogP contribution in [-0.2, 0) is 14.4 Å². The van der Waals surface area contributed by atoms with E-state index < -0.39 is 11.9 Å². The number of carbonyl (C=O) groups excluding carboxylic acids is 3. The first-order valence-corrected chi connectivity index (χ1v) is 12.1.